The molecule has 1 aliphatic rings. The number of carboxylic acids is 2. The van der Waals surface area contributed by atoms with Crippen molar-refractivity contribution in [3.05, 3.63) is 12.2 Å². The molecule has 0 aromatic rings. The van der Waals surface area contributed by atoms with Crippen LogP contribution in [0, 0.1) is 10.8 Å². The van der Waals surface area contributed by atoms with E-state index >= 15 is 0 Å². The molecule has 5 heteroatoms. The second-order valence-corrected chi connectivity index (χ2v) is 5.31. The van der Waals surface area contributed by atoms with Gasteiger partial charge in [-0.05, 0) is 19.8 Å². The van der Waals surface area contributed by atoms with E-state index in [1.54, 1.807) is 26.0 Å². The van der Waals surface area contributed by atoms with Crippen molar-refractivity contribution >= 4 is 27.9 Å². The minimum absolute atomic E-state index is 0.341. The Balaban J connectivity index is 3.26. The van der Waals surface area contributed by atoms with E-state index in [2.05, 4.69) is 15.9 Å². The Hall–Kier alpha value is -0.840. The fourth-order valence-corrected chi connectivity index (χ4v) is 3.15. The lowest BCUT2D eigenvalue weighted by molar-refractivity contribution is -0.154. The van der Waals surface area contributed by atoms with E-state index in [0.717, 1.165) is 0 Å². The fraction of sp³-hybridized carbons (Fsp3) is 0.636. The highest BCUT2D eigenvalue weighted by Gasteiger charge is 2.55. The van der Waals surface area contributed by atoms with Gasteiger partial charge in [-0.2, -0.15) is 0 Å². The molecule has 0 saturated heterocycles. The van der Waals surface area contributed by atoms with Crippen LogP contribution < -0.4 is 0 Å². The maximum absolute atomic E-state index is 11.4. The Morgan fingerprint density at radius 3 is 2.38 bits per heavy atom. The normalized spacial score (nSPS) is 38.3. The van der Waals surface area contributed by atoms with Gasteiger partial charge in [-0.3, -0.25) is 9.59 Å². The largest absolute Gasteiger partial charge is 0.481 e. The molecule has 0 radical (unpaired) electrons. The highest BCUT2D eigenvalue weighted by atomic mass is 79.9. The van der Waals surface area contributed by atoms with Crippen LogP contribution in [0.25, 0.3) is 0 Å². The molecule has 0 saturated carbocycles. The van der Waals surface area contributed by atoms with E-state index in [1.165, 1.54) is 0 Å². The summed E-state index contributed by atoms with van der Waals surface area (Å²) < 4.78 is 0. The van der Waals surface area contributed by atoms with Gasteiger partial charge >= 0.3 is 11.9 Å². The van der Waals surface area contributed by atoms with E-state index in [4.69, 9.17) is 0 Å². The van der Waals surface area contributed by atoms with Gasteiger partial charge in [-0.1, -0.05) is 35.0 Å². The van der Waals surface area contributed by atoms with Gasteiger partial charge in [0, 0.05) is 0 Å². The van der Waals surface area contributed by atoms with E-state index in [1.807, 2.05) is 0 Å². The van der Waals surface area contributed by atoms with Crippen LogP contribution in [0.2, 0.25) is 0 Å². The lowest BCUT2D eigenvalue weighted by Gasteiger charge is -2.42. The predicted octanol–water partition coefficient (Wildman–Crippen LogP) is 2.28. The van der Waals surface area contributed by atoms with Gasteiger partial charge in [-0.15, -0.1) is 0 Å². The number of carboxylic acid groups (broad SMARTS) is 2. The standard InChI is InChI=1S/C11H15BrO4/c1-3-11(9(15)16)6-4-5-10(2,7(11)12)8(13)14/h4,6-7H,3,5H2,1-2H3,(H,13,14)(H,15,16). The first-order valence-electron chi connectivity index (χ1n) is 5.10. The van der Waals surface area contributed by atoms with Gasteiger partial charge < -0.3 is 10.2 Å². The van der Waals surface area contributed by atoms with Crippen molar-refractivity contribution in [2.75, 3.05) is 0 Å². The van der Waals surface area contributed by atoms with Crippen molar-refractivity contribution < 1.29 is 19.8 Å². The molecule has 4 nitrogen and oxygen atoms in total. The minimum Gasteiger partial charge on any atom is -0.481 e. The lowest BCUT2D eigenvalue weighted by atomic mass is 9.65. The average molecular weight is 291 g/mol. The summed E-state index contributed by atoms with van der Waals surface area (Å²) in [5.74, 6) is -1.96. The molecule has 0 aliphatic heterocycles. The fourth-order valence-electron chi connectivity index (χ4n) is 2.09. The molecule has 1 rings (SSSR count). The number of hydrogen-bond acceptors (Lipinski definition) is 2. The Bertz CT molecular complexity index is 352. The quantitative estimate of drug-likeness (QED) is 0.618. The van der Waals surface area contributed by atoms with E-state index < -0.39 is 27.6 Å². The third kappa shape index (κ3) is 1.67. The van der Waals surface area contributed by atoms with Crippen molar-refractivity contribution in [1.82, 2.24) is 0 Å². The average Bonchev–Trinajstić information content (AvgIpc) is 2.21. The van der Waals surface area contributed by atoms with E-state index in [9.17, 15) is 19.8 Å². The van der Waals surface area contributed by atoms with Crippen LogP contribution in [0.5, 0.6) is 0 Å². The molecule has 2 N–H and O–H groups in total. The van der Waals surface area contributed by atoms with Crippen LogP contribution in [0.1, 0.15) is 26.7 Å². The number of allylic oxidation sites excluding steroid dienone is 1. The summed E-state index contributed by atoms with van der Waals surface area (Å²) in [6.45, 7) is 3.33. The molecular weight excluding hydrogens is 276 g/mol. The second kappa shape index (κ2) is 4.20. The highest BCUT2D eigenvalue weighted by molar-refractivity contribution is 9.09. The number of halogens is 1. The van der Waals surface area contributed by atoms with Crippen LogP contribution in [0.3, 0.4) is 0 Å². The summed E-state index contributed by atoms with van der Waals surface area (Å²) in [5.41, 5.74) is -2.21. The molecule has 16 heavy (non-hydrogen) atoms. The Labute approximate surface area is 102 Å². The van der Waals surface area contributed by atoms with Crippen molar-refractivity contribution in [3.63, 3.8) is 0 Å². The van der Waals surface area contributed by atoms with Crippen molar-refractivity contribution in [3.8, 4) is 0 Å². The number of alkyl halides is 1. The second-order valence-electron chi connectivity index (χ2n) is 4.39. The molecule has 90 valence electrons. The molecule has 3 unspecified atom stereocenters. The zero-order valence-corrected chi connectivity index (χ0v) is 10.8. The number of aliphatic carboxylic acids is 2. The minimum atomic E-state index is -1.13. The number of rotatable bonds is 3. The van der Waals surface area contributed by atoms with Crippen LogP contribution >= 0.6 is 15.9 Å². The topological polar surface area (TPSA) is 74.6 Å². The van der Waals surface area contributed by atoms with Crippen molar-refractivity contribution in [2.24, 2.45) is 10.8 Å². The lowest BCUT2D eigenvalue weighted by Crippen LogP contribution is -2.51. The molecule has 3 atom stereocenters. The summed E-state index contributed by atoms with van der Waals surface area (Å²) in [5, 5.41) is 18.5. The molecule has 0 aromatic heterocycles. The SMILES string of the molecule is CCC1(C(=O)O)C=CCC(C)(C(=O)O)C1Br. The predicted molar refractivity (Wildman–Crippen MR) is 62.6 cm³/mol. The van der Waals surface area contributed by atoms with E-state index in [-0.39, 0.29) is 0 Å². The zero-order chi connectivity index (χ0) is 12.6. The van der Waals surface area contributed by atoms with Crippen LogP contribution in [-0.4, -0.2) is 27.0 Å². The molecule has 0 bridgehead atoms. The Morgan fingerprint density at radius 2 is 2.00 bits per heavy atom. The van der Waals surface area contributed by atoms with Crippen molar-refractivity contribution in [1.29, 1.82) is 0 Å². The molecule has 0 fully saturated rings. The van der Waals surface area contributed by atoms with Gasteiger partial charge in [0.2, 0.25) is 0 Å². The number of carbonyl (C=O) groups is 2. The molecule has 0 spiro atoms. The monoisotopic (exact) mass is 290 g/mol. The molecule has 1 aliphatic carbocycles. The maximum atomic E-state index is 11.4. The summed E-state index contributed by atoms with van der Waals surface area (Å²) in [4.78, 5) is 22.0. The van der Waals surface area contributed by atoms with Gasteiger partial charge in [0.1, 0.15) is 0 Å². The molecule has 0 heterocycles. The summed E-state index contributed by atoms with van der Waals surface area (Å²) in [6.07, 6.45) is 3.97. The first kappa shape index (κ1) is 13.2. The van der Waals surface area contributed by atoms with Crippen LogP contribution in [0.4, 0.5) is 0 Å². The molecule has 0 amide bonds. The summed E-state index contributed by atoms with van der Waals surface area (Å²) in [7, 11) is 0. The van der Waals surface area contributed by atoms with Gasteiger partial charge in [0.15, 0.2) is 0 Å². The third-order valence-corrected chi connectivity index (χ3v) is 5.27. The first-order chi connectivity index (χ1) is 7.31. The maximum Gasteiger partial charge on any atom is 0.314 e. The Morgan fingerprint density at radius 1 is 1.44 bits per heavy atom. The van der Waals surface area contributed by atoms with Crippen LogP contribution in [0.15, 0.2) is 12.2 Å². The van der Waals surface area contributed by atoms with Gasteiger partial charge in [-0.25, -0.2) is 0 Å². The highest BCUT2D eigenvalue weighted by Crippen LogP contribution is 2.49. The summed E-state index contributed by atoms with van der Waals surface area (Å²) in [6, 6.07) is 0. The third-order valence-electron chi connectivity index (χ3n) is 3.44. The van der Waals surface area contributed by atoms with Crippen molar-refractivity contribution in [2.45, 2.75) is 31.5 Å². The van der Waals surface area contributed by atoms with E-state index in [0.29, 0.717) is 12.8 Å². The van der Waals surface area contributed by atoms with Gasteiger partial charge in [0.05, 0.1) is 15.7 Å². The number of hydrogen-bond donors (Lipinski definition) is 2. The Kier molecular flexibility index (Phi) is 3.47. The first-order valence-corrected chi connectivity index (χ1v) is 6.01. The smallest absolute Gasteiger partial charge is 0.314 e. The molecule has 0 aromatic carbocycles. The molecular formula is C11H15BrO4. The van der Waals surface area contributed by atoms with Crippen LogP contribution in [-0.2, 0) is 9.59 Å². The zero-order valence-electron chi connectivity index (χ0n) is 9.24. The van der Waals surface area contributed by atoms with Gasteiger partial charge in [0.25, 0.3) is 0 Å². The summed E-state index contributed by atoms with van der Waals surface area (Å²) >= 11 is 3.28.